The third kappa shape index (κ3) is 5.91. The number of hydrogen-bond donors (Lipinski definition) is 2. The molecule has 4 nitrogen and oxygen atoms in total. The zero-order chi connectivity index (χ0) is 12.5. The van der Waals surface area contributed by atoms with E-state index in [4.69, 9.17) is 4.74 Å². The van der Waals surface area contributed by atoms with Crippen LogP contribution in [0, 0.1) is 5.92 Å². The molecule has 17 heavy (non-hydrogen) atoms. The summed E-state index contributed by atoms with van der Waals surface area (Å²) in [6.45, 7) is 9.45. The molecule has 0 heterocycles. The Kier molecular flexibility index (Phi) is 7.01. The molecular formula is C13H27N3O. The van der Waals surface area contributed by atoms with Crippen LogP contribution in [0.5, 0.6) is 0 Å². The Labute approximate surface area is 105 Å². The minimum Gasteiger partial charge on any atom is -0.380 e. The molecule has 1 rings (SSSR count). The number of rotatable bonds is 8. The lowest BCUT2D eigenvalue weighted by Gasteiger charge is -2.11. The first-order chi connectivity index (χ1) is 8.31. The Hall–Kier alpha value is -0.770. The second kappa shape index (κ2) is 8.34. The van der Waals surface area contributed by atoms with Gasteiger partial charge in [-0.1, -0.05) is 13.3 Å². The molecule has 0 aliphatic heterocycles. The van der Waals surface area contributed by atoms with Gasteiger partial charge >= 0.3 is 0 Å². The molecule has 1 aliphatic carbocycles. The van der Waals surface area contributed by atoms with E-state index in [1.54, 1.807) is 0 Å². The summed E-state index contributed by atoms with van der Waals surface area (Å²) in [5, 5.41) is 6.76. The number of nitrogens with one attached hydrogen (secondary N) is 2. The standard InChI is InChI=1S/C13H27N3O/c1-4-7-11-10-12(11)16-13(14-5-2)15-8-9-17-6-3/h11-12H,4-10H2,1-3H3,(H2,14,15,16). The average Bonchev–Trinajstić information content (AvgIpc) is 3.03. The van der Waals surface area contributed by atoms with Crippen LogP contribution in [0.2, 0.25) is 0 Å². The van der Waals surface area contributed by atoms with E-state index in [9.17, 15) is 0 Å². The SMILES string of the molecule is CCCC1CC1NC(=NCCOCC)NCC. The minimum absolute atomic E-state index is 0.639. The van der Waals surface area contributed by atoms with Crippen LogP contribution < -0.4 is 10.6 Å². The molecule has 1 saturated carbocycles. The summed E-state index contributed by atoms with van der Waals surface area (Å²) in [5.41, 5.74) is 0. The van der Waals surface area contributed by atoms with Crippen LogP contribution in [0.3, 0.4) is 0 Å². The summed E-state index contributed by atoms with van der Waals surface area (Å²) in [7, 11) is 0. The number of guanidine groups is 1. The van der Waals surface area contributed by atoms with Gasteiger partial charge in [-0.05, 0) is 32.6 Å². The van der Waals surface area contributed by atoms with E-state index < -0.39 is 0 Å². The molecule has 100 valence electrons. The Bertz CT molecular complexity index is 231. The second-order valence-electron chi connectivity index (χ2n) is 4.49. The van der Waals surface area contributed by atoms with Crippen LogP contribution in [0.4, 0.5) is 0 Å². The summed E-state index contributed by atoms with van der Waals surface area (Å²) in [4.78, 5) is 4.50. The fourth-order valence-electron chi connectivity index (χ4n) is 1.98. The summed E-state index contributed by atoms with van der Waals surface area (Å²) >= 11 is 0. The van der Waals surface area contributed by atoms with Crippen LogP contribution >= 0.6 is 0 Å². The third-order valence-electron chi connectivity index (χ3n) is 2.96. The molecule has 2 atom stereocenters. The summed E-state index contributed by atoms with van der Waals surface area (Å²) in [6, 6.07) is 0.639. The van der Waals surface area contributed by atoms with E-state index in [-0.39, 0.29) is 0 Å². The second-order valence-corrected chi connectivity index (χ2v) is 4.49. The van der Waals surface area contributed by atoms with E-state index in [1.807, 2.05) is 6.92 Å². The van der Waals surface area contributed by atoms with Crippen molar-refractivity contribution in [3.63, 3.8) is 0 Å². The molecule has 1 aliphatic rings. The lowest BCUT2D eigenvalue weighted by molar-refractivity contribution is 0.155. The van der Waals surface area contributed by atoms with Gasteiger partial charge in [-0.3, -0.25) is 4.99 Å². The molecule has 0 amide bonds. The van der Waals surface area contributed by atoms with E-state index in [0.717, 1.165) is 31.6 Å². The van der Waals surface area contributed by atoms with E-state index in [2.05, 4.69) is 29.5 Å². The van der Waals surface area contributed by atoms with Crippen LogP contribution in [0.25, 0.3) is 0 Å². The number of nitrogens with zero attached hydrogens (tertiary/aromatic N) is 1. The summed E-state index contributed by atoms with van der Waals surface area (Å²) in [6.07, 6.45) is 3.90. The van der Waals surface area contributed by atoms with Gasteiger partial charge in [0.2, 0.25) is 0 Å². The zero-order valence-electron chi connectivity index (χ0n) is 11.5. The van der Waals surface area contributed by atoms with Crippen molar-refractivity contribution in [2.24, 2.45) is 10.9 Å². The van der Waals surface area contributed by atoms with Crippen molar-refractivity contribution in [1.29, 1.82) is 0 Å². The fourth-order valence-corrected chi connectivity index (χ4v) is 1.98. The van der Waals surface area contributed by atoms with Crippen molar-refractivity contribution in [3.8, 4) is 0 Å². The molecule has 0 radical (unpaired) electrons. The van der Waals surface area contributed by atoms with Gasteiger partial charge in [0.25, 0.3) is 0 Å². The quantitative estimate of drug-likeness (QED) is 0.387. The minimum atomic E-state index is 0.639. The van der Waals surface area contributed by atoms with Crippen LogP contribution in [-0.4, -0.2) is 38.3 Å². The maximum Gasteiger partial charge on any atom is 0.191 e. The van der Waals surface area contributed by atoms with E-state index >= 15 is 0 Å². The predicted octanol–water partition coefficient (Wildman–Crippen LogP) is 1.77. The smallest absolute Gasteiger partial charge is 0.191 e. The highest BCUT2D eigenvalue weighted by Gasteiger charge is 2.36. The van der Waals surface area contributed by atoms with Crippen molar-refractivity contribution in [1.82, 2.24) is 10.6 Å². The first-order valence-electron chi connectivity index (χ1n) is 6.94. The first kappa shape index (κ1) is 14.3. The lowest BCUT2D eigenvalue weighted by Crippen LogP contribution is -2.39. The average molecular weight is 241 g/mol. The van der Waals surface area contributed by atoms with Crippen molar-refractivity contribution in [3.05, 3.63) is 0 Å². The highest BCUT2D eigenvalue weighted by molar-refractivity contribution is 5.80. The number of hydrogen-bond acceptors (Lipinski definition) is 2. The number of aliphatic imine (C=N–C) groups is 1. The third-order valence-corrected chi connectivity index (χ3v) is 2.96. The summed E-state index contributed by atoms with van der Waals surface area (Å²) < 4.78 is 5.28. The molecule has 0 bridgehead atoms. The Morgan fingerprint density at radius 2 is 2.18 bits per heavy atom. The van der Waals surface area contributed by atoms with Gasteiger partial charge in [-0.25, -0.2) is 0 Å². The topological polar surface area (TPSA) is 45.7 Å². The molecule has 2 N–H and O–H groups in total. The van der Waals surface area contributed by atoms with Gasteiger partial charge in [0.1, 0.15) is 0 Å². The normalized spacial score (nSPS) is 23.6. The van der Waals surface area contributed by atoms with Crippen LogP contribution in [0.15, 0.2) is 4.99 Å². The van der Waals surface area contributed by atoms with E-state index in [1.165, 1.54) is 19.3 Å². The lowest BCUT2D eigenvalue weighted by atomic mass is 10.2. The molecular weight excluding hydrogens is 214 g/mol. The molecule has 0 spiro atoms. The zero-order valence-corrected chi connectivity index (χ0v) is 11.5. The maximum atomic E-state index is 5.28. The van der Waals surface area contributed by atoms with Crippen LogP contribution in [0.1, 0.15) is 40.0 Å². The first-order valence-corrected chi connectivity index (χ1v) is 6.94. The highest BCUT2D eigenvalue weighted by Crippen LogP contribution is 2.34. The van der Waals surface area contributed by atoms with Gasteiger partial charge < -0.3 is 15.4 Å². The Morgan fingerprint density at radius 3 is 2.82 bits per heavy atom. The fraction of sp³-hybridized carbons (Fsp3) is 0.923. The molecule has 0 saturated heterocycles. The molecule has 0 aromatic heterocycles. The number of ether oxygens (including phenoxy) is 1. The van der Waals surface area contributed by atoms with Crippen molar-refractivity contribution >= 4 is 5.96 Å². The van der Waals surface area contributed by atoms with Crippen molar-refractivity contribution < 1.29 is 4.74 Å². The van der Waals surface area contributed by atoms with Gasteiger partial charge in [-0.2, -0.15) is 0 Å². The Morgan fingerprint density at radius 1 is 1.35 bits per heavy atom. The van der Waals surface area contributed by atoms with Gasteiger partial charge in [0.15, 0.2) is 5.96 Å². The van der Waals surface area contributed by atoms with Crippen molar-refractivity contribution in [2.75, 3.05) is 26.3 Å². The molecule has 4 heteroatoms. The van der Waals surface area contributed by atoms with Crippen LogP contribution in [-0.2, 0) is 4.74 Å². The largest absolute Gasteiger partial charge is 0.380 e. The molecule has 1 fully saturated rings. The highest BCUT2D eigenvalue weighted by atomic mass is 16.5. The van der Waals surface area contributed by atoms with Crippen molar-refractivity contribution in [2.45, 2.75) is 46.1 Å². The van der Waals surface area contributed by atoms with Gasteiger partial charge in [0.05, 0.1) is 13.2 Å². The van der Waals surface area contributed by atoms with Gasteiger partial charge in [0, 0.05) is 19.2 Å². The predicted molar refractivity (Wildman–Crippen MR) is 72.4 cm³/mol. The summed E-state index contributed by atoms with van der Waals surface area (Å²) in [5.74, 6) is 1.80. The van der Waals surface area contributed by atoms with Gasteiger partial charge in [-0.15, -0.1) is 0 Å². The Balaban J connectivity index is 2.23. The monoisotopic (exact) mass is 241 g/mol. The maximum absolute atomic E-state index is 5.28. The molecule has 0 aromatic rings. The molecule has 0 aromatic carbocycles. The van der Waals surface area contributed by atoms with E-state index in [0.29, 0.717) is 12.6 Å². The molecule has 2 unspecified atom stereocenters.